The van der Waals surface area contributed by atoms with Crippen molar-refractivity contribution >= 4 is 5.91 Å². The van der Waals surface area contributed by atoms with Gasteiger partial charge in [0.2, 0.25) is 0 Å². The molecule has 4 rings (SSSR count). The number of fused-ring (bicyclic) bond motifs is 2. The Kier molecular flexibility index (Phi) is 4.31. The van der Waals surface area contributed by atoms with E-state index in [4.69, 9.17) is 5.10 Å². The average Bonchev–Trinajstić information content (AvgIpc) is 3.10. The zero-order chi connectivity index (χ0) is 18.3. The number of carbonyl (C=O) groups is 1. The van der Waals surface area contributed by atoms with E-state index in [0.717, 1.165) is 50.3 Å². The van der Waals surface area contributed by atoms with Crippen molar-refractivity contribution in [2.24, 2.45) is 0 Å². The first kappa shape index (κ1) is 17.2. The van der Waals surface area contributed by atoms with Crippen molar-refractivity contribution in [2.75, 3.05) is 26.7 Å². The second kappa shape index (κ2) is 6.50. The lowest BCUT2D eigenvalue weighted by Gasteiger charge is -2.45. The van der Waals surface area contributed by atoms with Crippen molar-refractivity contribution in [3.05, 3.63) is 47.5 Å². The molecule has 2 aromatic heterocycles. The number of pyridine rings is 1. The van der Waals surface area contributed by atoms with Crippen LogP contribution in [0.15, 0.2) is 30.7 Å². The fourth-order valence-corrected chi connectivity index (χ4v) is 4.29. The molecule has 0 radical (unpaired) electrons. The van der Waals surface area contributed by atoms with Crippen molar-refractivity contribution in [1.82, 2.24) is 24.6 Å². The Hall–Kier alpha value is -2.21. The highest BCUT2D eigenvalue weighted by Gasteiger charge is 2.46. The van der Waals surface area contributed by atoms with Gasteiger partial charge in [-0.3, -0.25) is 19.4 Å². The number of nitrogens with zero attached hydrogens (tertiary/aromatic N) is 5. The van der Waals surface area contributed by atoms with Crippen LogP contribution < -0.4 is 0 Å². The molecule has 2 aliphatic rings. The minimum atomic E-state index is -0.00707. The zero-order valence-corrected chi connectivity index (χ0v) is 15.9. The van der Waals surface area contributed by atoms with Crippen LogP contribution in [0, 0.1) is 0 Å². The molecule has 2 aromatic rings. The quantitative estimate of drug-likeness (QED) is 0.851. The van der Waals surface area contributed by atoms with Gasteiger partial charge in [-0.1, -0.05) is 0 Å². The molecule has 1 amide bonds. The maximum atomic E-state index is 12.6. The molecule has 0 aromatic carbocycles. The fraction of sp³-hybridized carbons (Fsp3) is 0.550. The average molecular weight is 353 g/mol. The van der Waals surface area contributed by atoms with Crippen molar-refractivity contribution in [3.8, 4) is 0 Å². The van der Waals surface area contributed by atoms with Gasteiger partial charge in [0.15, 0.2) is 0 Å². The minimum absolute atomic E-state index is 0.00707. The van der Waals surface area contributed by atoms with Crippen LogP contribution in [0.1, 0.15) is 54.3 Å². The molecule has 0 N–H and O–H groups in total. The van der Waals surface area contributed by atoms with Crippen molar-refractivity contribution in [1.29, 1.82) is 0 Å². The molecule has 0 atom stereocenters. The molecule has 1 spiro atoms. The summed E-state index contributed by atoms with van der Waals surface area (Å²) in [7, 11) is 1.92. The van der Waals surface area contributed by atoms with Crippen LogP contribution in [0.4, 0.5) is 0 Å². The lowest BCUT2D eigenvalue weighted by Crippen LogP contribution is -2.53. The first-order valence-electron chi connectivity index (χ1n) is 9.45. The largest absolute Gasteiger partial charge is 0.341 e. The molecule has 2 aliphatic heterocycles. The standard InChI is InChI=1S/C20H27N5O/c1-15(2)25-13-17-18(22-25)20(14-23(3)19(17)26)6-10-24(11-7-20)12-16-4-8-21-9-5-16/h4-5,8-9,13,15H,6-7,10-12,14H2,1-3H3. The van der Waals surface area contributed by atoms with E-state index in [0.29, 0.717) is 0 Å². The van der Waals surface area contributed by atoms with Gasteiger partial charge in [-0.05, 0) is 57.5 Å². The predicted octanol–water partition coefficient (Wildman–Crippen LogP) is 2.48. The van der Waals surface area contributed by atoms with Crippen molar-refractivity contribution in [3.63, 3.8) is 0 Å². The molecule has 0 unspecified atom stereocenters. The third kappa shape index (κ3) is 2.92. The fourth-order valence-electron chi connectivity index (χ4n) is 4.29. The predicted molar refractivity (Wildman–Crippen MR) is 100.0 cm³/mol. The van der Waals surface area contributed by atoms with Crippen LogP contribution in [0.2, 0.25) is 0 Å². The summed E-state index contributed by atoms with van der Waals surface area (Å²) in [5.41, 5.74) is 3.12. The maximum Gasteiger partial charge on any atom is 0.257 e. The molecule has 0 bridgehead atoms. The molecule has 6 heteroatoms. The summed E-state index contributed by atoms with van der Waals surface area (Å²) in [6.07, 6.45) is 7.74. The molecule has 138 valence electrons. The number of likely N-dealkylation sites (N-methyl/N-ethyl adjacent to an activating group) is 1. The third-order valence-corrected chi connectivity index (χ3v) is 5.85. The lowest BCUT2D eigenvalue weighted by atomic mass is 9.72. The van der Waals surface area contributed by atoms with Crippen LogP contribution in [-0.4, -0.2) is 57.2 Å². The summed E-state index contributed by atoms with van der Waals surface area (Å²) in [4.78, 5) is 21.1. The Labute approximate surface area is 154 Å². The van der Waals surface area contributed by atoms with Gasteiger partial charge in [-0.2, -0.15) is 5.10 Å². The topological polar surface area (TPSA) is 54.3 Å². The van der Waals surface area contributed by atoms with Gasteiger partial charge in [0.25, 0.3) is 5.91 Å². The Bertz CT molecular complexity index is 790. The van der Waals surface area contributed by atoms with Gasteiger partial charge in [-0.25, -0.2) is 0 Å². The summed E-state index contributed by atoms with van der Waals surface area (Å²) >= 11 is 0. The van der Waals surface area contributed by atoms with Gasteiger partial charge in [0.05, 0.1) is 11.3 Å². The Morgan fingerprint density at radius 3 is 2.54 bits per heavy atom. The number of piperidine rings is 1. The van der Waals surface area contributed by atoms with Crippen LogP contribution in [-0.2, 0) is 12.0 Å². The number of hydrogen-bond donors (Lipinski definition) is 0. The van der Waals surface area contributed by atoms with Crippen LogP contribution >= 0.6 is 0 Å². The Morgan fingerprint density at radius 2 is 1.88 bits per heavy atom. The normalized spacial score (nSPS) is 20.0. The summed E-state index contributed by atoms with van der Waals surface area (Å²) in [5.74, 6) is 0.108. The highest BCUT2D eigenvalue weighted by molar-refractivity contribution is 5.96. The van der Waals surface area contributed by atoms with Gasteiger partial charge in [0.1, 0.15) is 0 Å². The molecule has 0 saturated carbocycles. The monoisotopic (exact) mass is 353 g/mol. The molecular formula is C20H27N5O. The molecule has 6 nitrogen and oxygen atoms in total. The molecule has 1 saturated heterocycles. The summed E-state index contributed by atoms with van der Waals surface area (Å²) in [5, 5.41) is 4.86. The SMILES string of the molecule is CC(C)n1cc2c(n1)C1(CCN(Cc3ccncc3)CC1)CN(C)C2=O. The van der Waals surface area contributed by atoms with E-state index in [9.17, 15) is 4.79 Å². The van der Waals surface area contributed by atoms with Gasteiger partial charge in [0, 0.05) is 50.2 Å². The van der Waals surface area contributed by atoms with Crippen LogP contribution in [0.25, 0.3) is 0 Å². The smallest absolute Gasteiger partial charge is 0.257 e. The number of aromatic nitrogens is 3. The van der Waals surface area contributed by atoms with E-state index >= 15 is 0 Å². The minimum Gasteiger partial charge on any atom is -0.341 e. The van der Waals surface area contributed by atoms with Crippen molar-refractivity contribution in [2.45, 2.75) is 44.7 Å². The zero-order valence-electron chi connectivity index (χ0n) is 15.9. The first-order chi connectivity index (χ1) is 12.5. The summed E-state index contributed by atoms with van der Waals surface area (Å²) < 4.78 is 1.95. The van der Waals surface area contributed by atoms with Crippen LogP contribution in [0.3, 0.4) is 0 Å². The Morgan fingerprint density at radius 1 is 1.19 bits per heavy atom. The Balaban J connectivity index is 1.56. The number of carbonyl (C=O) groups excluding carboxylic acids is 1. The van der Waals surface area contributed by atoms with E-state index in [1.165, 1.54) is 5.56 Å². The first-order valence-corrected chi connectivity index (χ1v) is 9.45. The van der Waals surface area contributed by atoms with Crippen molar-refractivity contribution < 1.29 is 4.79 Å². The molecule has 0 aliphatic carbocycles. The number of rotatable bonds is 3. The second-order valence-electron chi connectivity index (χ2n) is 8.04. The number of likely N-dealkylation sites (tertiary alicyclic amines) is 1. The highest BCUT2D eigenvalue weighted by atomic mass is 16.2. The van der Waals surface area contributed by atoms with Gasteiger partial charge in [-0.15, -0.1) is 0 Å². The van der Waals surface area contributed by atoms with E-state index in [-0.39, 0.29) is 17.4 Å². The summed E-state index contributed by atoms with van der Waals surface area (Å²) in [6, 6.07) is 4.43. The molecule has 26 heavy (non-hydrogen) atoms. The van der Waals surface area contributed by atoms with Crippen LogP contribution in [0.5, 0.6) is 0 Å². The third-order valence-electron chi connectivity index (χ3n) is 5.85. The van der Waals surface area contributed by atoms with Gasteiger partial charge < -0.3 is 4.90 Å². The van der Waals surface area contributed by atoms with E-state index < -0.39 is 0 Å². The lowest BCUT2D eigenvalue weighted by molar-refractivity contribution is 0.0628. The molecular weight excluding hydrogens is 326 g/mol. The van der Waals surface area contributed by atoms with E-state index in [1.807, 2.05) is 35.2 Å². The molecule has 4 heterocycles. The maximum absolute atomic E-state index is 12.6. The number of amides is 1. The number of hydrogen-bond acceptors (Lipinski definition) is 4. The van der Waals surface area contributed by atoms with E-state index in [2.05, 4.69) is 35.9 Å². The second-order valence-corrected chi connectivity index (χ2v) is 8.04. The van der Waals surface area contributed by atoms with Gasteiger partial charge >= 0.3 is 0 Å². The highest BCUT2D eigenvalue weighted by Crippen LogP contribution is 2.41. The molecule has 1 fully saturated rings. The van der Waals surface area contributed by atoms with E-state index in [1.54, 1.807) is 0 Å². The summed E-state index contributed by atoms with van der Waals surface area (Å²) in [6.45, 7) is 8.00.